The summed E-state index contributed by atoms with van der Waals surface area (Å²) >= 11 is 0. The van der Waals surface area contributed by atoms with Gasteiger partial charge in [-0.15, -0.1) is 0 Å². The van der Waals surface area contributed by atoms with E-state index in [9.17, 15) is 4.79 Å². The van der Waals surface area contributed by atoms with Crippen molar-refractivity contribution >= 4 is 5.91 Å². The summed E-state index contributed by atoms with van der Waals surface area (Å²) < 4.78 is 20.7. The van der Waals surface area contributed by atoms with Crippen LogP contribution in [0.25, 0.3) is 0 Å². The molecule has 0 spiro atoms. The van der Waals surface area contributed by atoms with Gasteiger partial charge in [-0.3, -0.25) is 4.79 Å². The molecule has 0 saturated heterocycles. The molecule has 1 amide bonds. The highest BCUT2D eigenvalue weighted by molar-refractivity contribution is 5.98. The van der Waals surface area contributed by atoms with Crippen LogP contribution in [0.5, 0.6) is 17.2 Å². The van der Waals surface area contributed by atoms with Gasteiger partial charge in [-0.05, 0) is 12.1 Å². The Kier molecular flexibility index (Phi) is 7.34. The van der Waals surface area contributed by atoms with Gasteiger partial charge in [-0.1, -0.05) is 0 Å². The number of hydrogen-bond acceptors (Lipinski definition) is 6. The van der Waals surface area contributed by atoms with Crippen molar-refractivity contribution < 1.29 is 28.8 Å². The first kappa shape index (κ1) is 17.1. The van der Waals surface area contributed by atoms with Crippen LogP contribution < -0.4 is 19.5 Å². The van der Waals surface area contributed by atoms with Crippen LogP contribution in [0.4, 0.5) is 0 Å². The van der Waals surface area contributed by atoms with Gasteiger partial charge < -0.3 is 29.4 Å². The van der Waals surface area contributed by atoms with Gasteiger partial charge in [0.2, 0.25) is 5.75 Å². The van der Waals surface area contributed by atoms with E-state index in [1.165, 1.54) is 21.3 Å². The van der Waals surface area contributed by atoms with Crippen molar-refractivity contribution in [2.45, 2.75) is 0 Å². The van der Waals surface area contributed by atoms with Gasteiger partial charge in [-0.2, -0.15) is 0 Å². The topological polar surface area (TPSA) is 86.3 Å². The normalized spacial score (nSPS) is 10.1. The van der Waals surface area contributed by atoms with Crippen LogP contribution in [0.1, 0.15) is 10.4 Å². The third kappa shape index (κ3) is 4.51. The number of ether oxygens (including phenoxy) is 4. The first-order valence-corrected chi connectivity index (χ1v) is 6.45. The van der Waals surface area contributed by atoms with Crippen molar-refractivity contribution in [1.29, 1.82) is 0 Å². The lowest BCUT2D eigenvalue weighted by Gasteiger charge is -2.15. The Balaban J connectivity index is 2.79. The molecule has 1 aromatic carbocycles. The molecule has 7 nitrogen and oxygen atoms in total. The summed E-state index contributed by atoms with van der Waals surface area (Å²) in [7, 11) is 4.44. The second kappa shape index (κ2) is 9.04. The van der Waals surface area contributed by atoms with Gasteiger partial charge in [-0.25, -0.2) is 0 Å². The lowest BCUT2D eigenvalue weighted by molar-refractivity contribution is 0.0836. The number of methoxy groups -OCH3 is 3. The Labute approximate surface area is 123 Å². The molecule has 0 aliphatic carbocycles. The minimum absolute atomic E-state index is 0.0442. The summed E-state index contributed by atoms with van der Waals surface area (Å²) in [5.74, 6) is 0.854. The average molecular weight is 299 g/mol. The summed E-state index contributed by atoms with van der Waals surface area (Å²) in [5.41, 5.74) is 0.345. The van der Waals surface area contributed by atoms with Crippen molar-refractivity contribution in [2.75, 3.05) is 47.7 Å². The van der Waals surface area contributed by atoms with E-state index in [2.05, 4.69) is 5.32 Å². The summed E-state index contributed by atoms with van der Waals surface area (Å²) in [5, 5.41) is 11.3. The number of carbonyl (C=O) groups excluding carboxylic acids is 1. The van der Waals surface area contributed by atoms with E-state index < -0.39 is 0 Å². The number of aliphatic hydroxyl groups is 1. The highest BCUT2D eigenvalue weighted by Gasteiger charge is 2.20. The molecule has 0 aromatic heterocycles. The molecule has 0 bridgehead atoms. The largest absolute Gasteiger partial charge is 0.493 e. The van der Waals surface area contributed by atoms with E-state index in [0.29, 0.717) is 36.0 Å². The monoisotopic (exact) mass is 299 g/mol. The van der Waals surface area contributed by atoms with E-state index in [1.807, 2.05) is 0 Å². The summed E-state index contributed by atoms with van der Waals surface area (Å²) in [6, 6.07) is 3.24. The minimum atomic E-state index is -0.305. The standard InChI is InChI=1S/C14H21NO6/c1-18-11-5-4-10(12(19-2)13(11)20-3)14(17)15-6-8-21-9-7-16/h4-5,16H,6-9H2,1-3H3,(H,15,17). The Morgan fingerprint density at radius 2 is 1.81 bits per heavy atom. The van der Waals surface area contributed by atoms with Gasteiger partial charge in [0.05, 0.1) is 46.7 Å². The second-order valence-electron chi connectivity index (χ2n) is 3.97. The molecule has 2 N–H and O–H groups in total. The molecule has 1 rings (SSSR count). The van der Waals surface area contributed by atoms with E-state index in [0.717, 1.165) is 0 Å². The number of hydrogen-bond donors (Lipinski definition) is 2. The van der Waals surface area contributed by atoms with Crippen LogP contribution in [-0.4, -0.2) is 58.7 Å². The Morgan fingerprint density at radius 3 is 2.38 bits per heavy atom. The number of carbonyl (C=O) groups is 1. The van der Waals surface area contributed by atoms with Crippen molar-refractivity contribution in [3.63, 3.8) is 0 Å². The number of benzene rings is 1. The van der Waals surface area contributed by atoms with E-state index >= 15 is 0 Å². The lowest BCUT2D eigenvalue weighted by Crippen LogP contribution is -2.28. The van der Waals surface area contributed by atoms with Crippen LogP contribution in [0.15, 0.2) is 12.1 Å². The molecule has 0 heterocycles. The molecule has 7 heteroatoms. The summed E-state index contributed by atoms with van der Waals surface area (Å²) in [6.45, 7) is 0.852. The van der Waals surface area contributed by atoms with Crippen molar-refractivity contribution in [2.24, 2.45) is 0 Å². The fourth-order valence-corrected chi connectivity index (χ4v) is 1.78. The number of rotatable bonds is 9. The van der Waals surface area contributed by atoms with Crippen LogP contribution in [0.2, 0.25) is 0 Å². The quantitative estimate of drug-likeness (QED) is 0.644. The van der Waals surface area contributed by atoms with Crippen molar-refractivity contribution in [1.82, 2.24) is 5.32 Å². The molecule has 0 fully saturated rings. The lowest BCUT2D eigenvalue weighted by atomic mass is 10.1. The predicted octanol–water partition coefficient (Wildman–Crippen LogP) is 0.451. The zero-order valence-corrected chi connectivity index (χ0v) is 12.5. The minimum Gasteiger partial charge on any atom is -0.493 e. The molecule has 0 aliphatic heterocycles. The van der Waals surface area contributed by atoms with Gasteiger partial charge in [0, 0.05) is 6.54 Å². The van der Waals surface area contributed by atoms with Crippen LogP contribution in [0, 0.1) is 0 Å². The molecule has 118 valence electrons. The zero-order chi connectivity index (χ0) is 15.7. The van der Waals surface area contributed by atoms with E-state index in [-0.39, 0.29) is 19.1 Å². The molecular formula is C14H21NO6. The summed E-state index contributed by atoms with van der Waals surface area (Å²) in [4.78, 5) is 12.1. The molecule has 0 unspecified atom stereocenters. The Bertz CT molecular complexity index is 463. The maximum Gasteiger partial charge on any atom is 0.255 e. The average Bonchev–Trinajstić information content (AvgIpc) is 2.52. The molecule has 0 radical (unpaired) electrons. The smallest absolute Gasteiger partial charge is 0.255 e. The Hall–Kier alpha value is -1.99. The number of nitrogens with one attached hydrogen (secondary N) is 1. The van der Waals surface area contributed by atoms with Crippen LogP contribution in [0.3, 0.4) is 0 Å². The van der Waals surface area contributed by atoms with Gasteiger partial charge >= 0.3 is 0 Å². The van der Waals surface area contributed by atoms with Crippen LogP contribution >= 0.6 is 0 Å². The SMILES string of the molecule is COc1ccc(C(=O)NCCOCCO)c(OC)c1OC. The Morgan fingerprint density at radius 1 is 1.10 bits per heavy atom. The fourth-order valence-electron chi connectivity index (χ4n) is 1.78. The summed E-state index contributed by atoms with van der Waals surface area (Å²) in [6.07, 6.45) is 0. The zero-order valence-electron chi connectivity index (χ0n) is 12.5. The number of aliphatic hydroxyl groups excluding tert-OH is 1. The molecule has 0 saturated carbocycles. The predicted molar refractivity (Wildman–Crippen MR) is 76.3 cm³/mol. The van der Waals surface area contributed by atoms with Gasteiger partial charge in [0.1, 0.15) is 0 Å². The van der Waals surface area contributed by atoms with Crippen molar-refractivity contribution in [3.05, 3.63) is 17.7 Å². The highest BCUT2D eigenvalue weighted by atomic mass is 16.5. The van der Waals surface area contributed by atoms with E-state index in [1.54, 1.807) is 12.1 Å². The second-order valence-corrected chi connectivity index (χ2v) is 3.97. The third-order valence-electron chi connectivity index (χ3n) is 2.72. The number of amides is 1. The molecule has 0 atom stereocenters. The fraction of sp³-hybridized carbons (Fsp3) is 0.500. The molecule has 21 heavy (non-hydrogen) atoms. The van der Waals surface area contributed by atoms with Crippen LogP contribution in [-0.2, 0) is 4.74 Å². The molecule has 1 aromatic rings. The van der Waals surface area contributed by atoms with Gasteiger partial charge in [0.15, 0.2) is 11.5 Å². The van der Waals surface area contributed by atoms with Gasteiger partial charge in [0.25, 0.3) is 5.91 Å². The van der Waals surface area contributed by atoms with E-state index in [4.69, 9.17) is 24.1 Å². The maximum absolute atomic E-state index is 12.1. The maximum atomic E-state index is 12.1. The first-order chi connectivity index (χ1) is 10.2. The van der Waals surface area contributed by atoms with Crippen molar-refractivity contribution in [3.8, 4) is 17.2 Å². The highest BCUT2D eigenvalue weighted by Crippen LogP contribution is 2.39. The first-order valence-electron chi connectivity index (χ1n) is 6.45. The molecule has 0 aliphatic rings. The molecular weight excluding hydrogens is 278 g/mol. The third-order valence-corrected chi connectivity index (χ3v) is 2.72.